The number of anilines is 2. The average molecular weight is 475 g/mol. The first-order valence-electron chi connectivity index (χ1n) is 12.8. The normalized spacial score (nSPS) is 27.0. The maximum absolute atomic E-state index is 13.4. The number of likely N-dealkylation sites (tertiary alicyclic amines) is 1. The summed E-state index contributed by atoms with van der Waals surface area (Å²) in [6.07, 6.45) is 7.55. The second-order valence-electron chi connectivity index (χ2n) is 10.9. The highest BCUT2D eigenvalue weighted by Gasteiger charge is 2.51. The van der Waals surface area contributed by atoms with E-state index < -0.39 is 5.60 Å². The van der Waals surface area contributed by atoms with E-state index in [4.69, 9.17) is 5.73 Å². The smallest absolute Gasteiger partial charge is 0.263 e. The maximum atomic E-state index is 13.4. The van der Waals surface area contributed by atoms with Gasteiger partial charge in [-0.1, -0.05) is 18.6 Å². The van der Waals surface area contributed by atoms with Crippen molar-refractivity contribution in [2.45, 2.75) is 76.6 Å². The molecule has 6 rings (SSSR count). The molecule has 184 valence electrons. The molecule has 0 radical (unpaired) electrons. The Kier molecular flexibility index (Phi) is 5.16. The number of aliphatic hydroxyl groups is 1. The van der Waals surface area contributed by atoms with Crippen LogP contribution in [0.5, 0.6) is 0 Å². The van der Waals surface area contributed by atoms with Gasteiger partial charge in [0.05, 0.1) is 23.2 Å². The minimum atomic E-state index is -1.52. The molecule has 1 saturated carbocycles. The molecule has 1 unspecified atom stereocenters. The number of piperidine rings is 1. The van der Waals surface area contributed by atoms with E-state index >= 15 is 0 Å². The summed E-state index contributed by atoms with van der Waals surface area (Å²) < 4.78 is 2.02. The quantitative estimate of drug-likeness (QED) is 0.596. The Labute approximate surface area is 205 Å². The largest absolute Gasteiger partial charge is 0.382 e. The second kappa shape index (κ2) is 8.03. The van der Waals surface area contributed by atoms with E-state index in [1.165, 1.54) is 19.3 Å². The topological polar surface area (TPSA) is 101 Å². The number of pyridine rings is 1. The molecule has 1 atom stereocenters. The van der Waals surface area contributed by atoms with Gasteiger partial charge < -0.3 is 25.2 Å². The van der Waals surface area contributed by atoms with Crippen molar-refractivity contribution in [3.63, 3.8) is 0 Å². The van der Waals surface area contributed by atoms with Gasteiger partial charge in [0.15, 0.2) is 5.60 Å². The molecule has 4 heterocycles. The van der Waals surface area contributed by atoms with Crippen molar-refractivity contribution >= 4 is 28.4 Å². The highest BCUT2D eigenvalue weighted by atomic mass is 16.3. The monoisotopic (exact) mass is 474 g/mol. The Bertz CT molecular complexity index is 1300. The number of imidazole rings is 1. The summed E-state index contributed by atoms with van der Waals surface area (Å²) in [7, 11) is 0. The Morgan fingerprint density at radius 1 is 1.11 bits per heavy atom. The van der Waals surface area contributed by atoms with Gasteiger partial charge in [0.1, 0.15) is 11.3 Å². The molecule has 1 saturated heterocycles. The summed E-state index contributed by atoms with van der Waals surface area (Å²) in [6.45, 7) is 8.10. The van der Waals surface area contributed by atoms with Crippen LogP contribution in [-0.2, 0) is 10.4 Å². The van der Waals surface area contributed by atoms with Gasteiger partial charge in [-0.05, 0) is 71.7 Å². The number of nitrogens with two attached hydrogens (primary N) is 1. The van der Waals surface area contributed by atoms with Crippen molar-refractivity contribution in [2.75, 3.05) is 23.7 Å². The van der Waals surface area contributed by atoms with E-state index in [2.05, 4.69) is 28.7 Å². The SMILES string of the molecule is CC(C)n1cnc2cc(-c3ccc4c(c3)N([C@H]3C[C@@H](N5CCCCC5)C3)C(=O)C4(C)O)nc(N)c21. The summed E-state index contributed by atoms with van der Waals surface area (Å²) in [4.78, 5) is 27.0. The van der Waals surface area contributed by atoms with E-state index in [0.717, 1.165) is 48.2 Å². The van der Waals surface area contributed by atoms with Gasteiger partial charge >= 0.3 is 0 Å². The molecule has 3 aromatic rings. The summed E-state index contributed by atoms with van der Waals surface area (Å²) in [5.74, 6) is 0.206. The first kappa shape index (κ1) is 22.5. The van der Waals surface area contributed by atoms with Gasteiger partial charge in [0, 0.05) is 29.3 Å². The molecule has 35 heavy (non-hydrogen) atoms. The van der Waals surface area contributed by atoms with Gasteiger partial charge in [-0.2, -0.15) is 0 Å². The third-order valence-electron chi connectivity index (χ3n) is 8.21. The van der Waals surface area contributed by atoms with Gasteiger partial charge in [-0.3, -0.25) is 4.79 Å². The lowest BCUT2D eigenvalue weighted by atomic mass is 9.83. The minimum absolute atomic E-state index is 0.111. The van der Waals surface area contributed by atoms with E-state index in [1.54, 1.807) is 13.3 Å². The van der Waals surface area contributed by atoms with Gasteiger partial charge in [-0.15, -0.1) is 0 Å². The number of benzene rings is 1. The van der Waals surface area contributed by atoms with Gasteiger partial charge in [0.2, 0.25) is 0 Å². The van der Waals surface area contributed by atoms with Crippen LogP contribution in [0, 0.1) is 0 Å². The number of nitrogens with zero attached hydrogens (tertiary/aromatic N) is 5. The number of carbonyl (C=O) groups is 1. The molecule has 2 aromatic heterocycles. The molecule has 8 nitrogen and oxygen atoms in total. The summed E-state index contributed by atoms with van der Waals surface area (Å²) in [6, 6.07) is 8.57. The Morgan fingerprint density at radius 3 is 2.57 bits per heavy atom. The van der Waals surface area contributed by atoms with Crippen molar-refractivity contribution < 1.29 is 9.90 Å². The van der Waals surface area contributed by atoms with Crippen LogP contribution in [0.2, 0.25) is 0 Å². The number of rotatable bonds is 4. The van der Waals surface area contributed by atoms with Crippen LogP contribution in [0.3, 0.4) is 0 Å². The number of hydrogen-bond acceptors (Lipinski definition) is 6. The van der Waals surface area contributed by atoms with Crippen molar-refractivity contribution in [1.82, 2.24) is 19.4 Å². The first-order valence-corrected chi connectivity index (χ1v) is 12.8. The number of hydrogen-bond donors (Lipinski definition) is 2. The molecule has 8 heteroatoms. The fraction of sp³-hybridized carbons (Fsp3) is 0.519. The summed E-state index contributed by atoms with van der Waals surface area (Å²) in [5.41, 5.74) is 9.50. The van der Waals surface area contributed by atoms with Crippen molar-refractivity contribution in [1.29, 1.82) is 0 Å². The Morgan fingerprint density at radius 2 is 1.86 bits per heavy atom. The van der Waals surface area contributed by atoms with E-state index in [-0.39, 0.29) is 18.0 Å². The van der Waals surface area contributed by atoms with Crippen LogP contribution >= 0.6 is 0 Å². The highest BCUT2D eigenvalue weighted by Crippen LogP contribution is 2.47. The standard InChI is InChI=1S/C27H34N6O2/c1-16(2)32-15-29-22-14-21(30-25(28)24(22)32)17-7-8-20-23(11-17)33(26(34)27(20,3)35)19-12-18(13-19)31-9-5-4-6-10-31/h7-8,11,14-16,18-19,35H,4-6,9-10,12-13H2,1-3H3,(H2,28,30)/t18-,19+,27?. The lowest BCUT2D eigenvalue weighted by Crippen LogP contribution is -2.57. The molecular formula is C27H34N6O2. The van der Waals surface area contributed by atoms with Crippen LogP contribution < -0.4 is 10.6 Å². The van der Waals surface area contributed by atoms with E-state index in [1.807, 2.05) is 33.7 Å². The van der Waals surface area contributed by atoms with Crippen molar-refractivity contribution in [3.05, 3.63) is 36.2 Å². The molecule has 3 N–H and O–H groups in total. The zero-order chi connectivity index (χ0) is 24.5. The number of amides is 1. The van der Waals surface area contributed by atoms with Crippen LogP contribution in [0.1, 0.15) is 64.5 Å². The molecule has 3 aliphatic rings. The van der Waals surface area contributed by atoms with Crippen molar-refractivity contribution in [3.8, 4) is 11.3 Å². The Balaban J connectivity index is 1.34. The van der Waals surface area contributed by atoms with E-state index in [0.29, 0.717) is 23.1 Å². The van der Waals surface area contributed by atoms with Crippen molar-refractivity contribution in [2.24, 2.45) is 0 Å². The lowest BCUT2D eigenvalue weighted by molar-refractivity contribution is -0.135. The fourth-order valence-electron chi connectivity index (χ4n) is 6.10. The Hall–Kier alpha value is -2.97. The number of fused-ring (bicyclic) bond motifs is 2. The predicted octanol–water partition coefficient (Wildman–Crippen LogP) is 3.83. The number of nitrogen functional groups attached to an aromatic ring is 1. The van der Waals surface area contributed by atoms with E-state index in [9.17, 15) is 9.90 Å². The van der Waals surface area contributed by atoms with Crippen LogP contribution in [0.25, 0.3) is 22.3 Å². The fourth-order valence-corrected chi connectivity index (χ4v) is 6.10. The molecule has 2 fully saturated rings. The molecule has 1 aliphatic carbocycles. The third kappa shape index (κ3) is 3.45. The van der Waals surface area contributed by atoms with Gasteiger partial charge in [0.25, 0.3) is 5.91 Å². The third-order valence-corrected chi connectivity index (χ3v) is 8.21. The van der Waals surface area contributed by atoms with Gasteiger partial charge in [-0.25, -0.2) is 9.97 Å². The lowest BCUT2D eigenvalue weighted by Gasteiger charge is -2.47. The van der Waals surface area contributed by atoms with Crippen LogP contribution in [-0.4, -0.2) is 55.6 Å². The zero-order valence-electron chi connectivity index (χ0n) is 20.7. The summed E-state index contributed by atoms with van der Waals surface area (Å²) >= 11 is 0. The molecule has 0 bridgehead atoms. The zero-order valence-corrected chi connectivity index (χ0v) is 20.7. The minimum Gasteiger partial charge on any atom is -0.382 e. The number of carbonyl (C=O) groups excluding carboxylic acids is 1. The maximum Gasteiger partial charge on any atom is 0.263 e. The predicted molar refractivity (Wildman–Crippen MR) is 137 cm³/mol. The molecule has 0 spiro atoms. The van der Waals surface area contributed by atoms with Crippen LogP contribution in [0.4, 0.5) is 11.5 Å². The van der Waals surface area contributed by atoms with Crippen LogP contribution in [0.15, 0.2) is 30.6 Å². The molecule has 1 aromatic carbocycles. The molecular weight excluding hydrogens is 440 g/mol. The first-order chi connectivity index (χ1) is 16.8. The highest BCUT2D eigenvalue weighted by molar-refractivity contribution is 6.07. The molecule has 2 aliphatic heterocycles. The number of aromatic nitrogens is 3. The second-order valence-corrected chi connectivity index (χ2v) is 10.9. The molecule has 1 amide bonds. The summed E-state index contributed by atoms with van der Waals surface area (Å²) in [5, 5.41) is 11.1. The average Bonchev–Trinajstić information content (AvgIpc) is 3.33.